The Morgan fingerprint density at radius 2 is 1.64 bits per heavy atom. The number of amides is 2. The first-order chi connectivity index (χ1) is 16.0. The normalized spacial score (nSPS) is 16.2. The zero-order chi connectivity index (χ0) is 22.9. The van der Waals surface area contributed by atoms with Crippen LogP contribution in [0.5, 0.6) is 23.0 Å². The lowest BCUT2D eigenvalue weighted by atomic mass is 10.1. The van der Waals surface area contributed by atoms with Crippen molar-refractivity contribution in [3.63, 3.8) is 0 Å². The molecule has 5 rings (SSSR count). The maximum atomic E-state index is 13.3. The molecule has 3 aromatic rings. The van der Waals surface area contributed by atoms with Gasteiger partial charge >= 0.3 is 0 Å². The summed E-state index contributed by atoms with van der Waals surface area (Å²) in [4.78, 5) is 27.1. The van der Waals surface area contributed by atoms with Crippen molar-refractivity contribution >= 4 is 56.8 Å². The molecule has 2 amide bonds. The SMILES string of the molecule is O=C1NC(=S)N(c2ccc(Oc3ccccc3)cc2)C(=O)C1=Cc1cc2c(cc1Br)OCO2. The minimum absolute atomic E-state index is 0.00336. The molecule has 1 saturated heterocycles. The van der Waals surface area contributed by atoms with Crippen molar-refractivity contribution in [3.05, 3.63) is 82.3 Å². The average Bonchev–Trinajstić information content (AvgIpc) is 3.25. The summed E-state index contributed by atoms with van der Waals surface area (Å²) in [5.41, 5.74) is 1.03. The number of nitrogens with one attached hydrogen (secondary N) is 1. The van der Waals surface area contributed by atoms with E-state index in [1.807, 2.05) is 30.3 Å². The fourth-order valence-electron chi connectivity index (χ4n) is 3.38. The third-order valence-corrected chi connectivity index (χ3v) is 5.94. The monoisotopic (exact) mass is 522 g/mol. The van der Waals surface area contributed by atoms with Crippen LogP contribution in [-0.4, -0.2) is 23.7 Å². The minimum Gasteiger partial charge on any atom is -0.457 e. The fraction of sp³-hybridized carbons (Fsp3) is 0.0417. The molecule has 0 unspecified atom stereocenters. The molecule has 2 heterocycles. The van der Waals surface area contributed by atoms with Crippen molar-refractivity contribution in [1.82, 2.24) is 5.32 Å². The lowest BCUT2D eigenvalue weighted by Crippen LogP contribution is -2.54. The van der Waals surface area contributed by atoms with Crippen molar-refractivity contribution in [3.8, 4) is 23.0 Å². The number of carbonyl (C=O) groups is 2. The van der Waals surface area contributed by atoms with Crippen molar-refractivity contribution in [2.24, 2.45) is 0 Å². The predicted molar refractivity (Wildman–Crippen MR) is 129 cm³/mol. The first-order valence-electron chi connectivity index (χ1n) is 9.83. The van der Waals surface area contributed by atoms with E-state index >= 15 is 0 Å². The number of nitrogens with zero attached hydrogens (tertiary/aromatic N) is 1. The summed E-state index contributed by atoms with van der Waals surface area (Å²) >= 11 is 8.73. The summed E-state index contributed by atoms with van der Waals surface area (Å²) in [7, 11) is 0. The molecule has 0 aromatic heterocycles. The minimum atomic E-state index is -0.574. The molecule has 9 heteroatoms. The summed E-state index contributed by atoms with van der Waals surface area (Å²) < 4.78 is 17.2. The van der Waals surface area contributed by atoms with E-state index in [0.29, 0.717) is 38.7 Å². The van der Waals surface area contributed by atoms with Gasteiger partial charge in [0.1, 0.15) is 17.1 Å². The average molecular weight is 523 g/mol. The van der Waals surface area contributed by atoms with Crippen LogP contribution < -0.4 is 24.4 Å². The number of hydrogen-bond acceptors (Lipinski definition) is 6. The first kappa shape index (κ1) is 21.2. The third kappa shape index (κ3) is 4.20. The molecular weight excluding hydrogens is 508 g/mol. The van der Waals surface area contributed by atoms with Crippen molar-refractivity contribution < 1.29 is 23.8 Å². The van der Waals surface area contributed by atoms with Gasteiger partial charge in [-0.1, -0.05) is 34.1 Å². The van der Waals surface area contributed by atoms with Gasteiger partial charge in [0, 0.05) is 4.47 Å². The number of carbonyl (C=O) groups excluding carboxylic acids is 2. The molecule has 3 aromatic carbocycles. The number of thiocarbonyl (C=S) groups is 1. The third-order valence-electron chi connectivity index (χ3n) is 4.97. The Labute approximate surface area is 202 Å². The van der Waals surface area contributed by atoms with Gasteiger partial charge in [-0.05, 0) is 72.4 Å². The molecule has 164 valence electrons. The summed E-state index contributed by atoms with van der Waals surface area (Å²) in [6.07, 6.45) is 1.49. The molecule has 0 spiro atoms. The zero-order valence-corrected chi connectivity index (χ0v) is 19.3. The van der Waals surface area contributed by atoms with E-state index in [1.165, 1.54) is 11.0 Å². The molecule has 7 nitrogen and oxygen atoms in total. The fourth-order valence-corrected chi connectivity index (χ4v) is 4.10. The number of ether oxygens (including phenoxy) is 3. The summed E-state index contributed by atoms with van der Waals surface area (Å²) in [6.45, 7) is 0.118. The molecule has 1 fully saturated rings. The molecule has 0 aliphatic carbocycles. The Kier molecular flexibility index (Phi) is 5.57. The molecule has 0 saturated carbocycles. The lowest BCUT2D eigenvalue weighted by molar-refractivity contribution is -0.122. The molecule has 2 aliphatic rings. The van der Waals surface area contributed by atoms with Gasteiger partial charge in [-0.3, -0.25) is 19.8 Å². The van der Waals surface area contributed by atoms with E-state index in [0.717, 1.165) is 0 Å². The Bertz CT molecular complexity index is 1310. The van der Waals surface area contributed by atoms with Gasteiger partial charge in [-0.25, -0.2) is 0 Å². The molecule has 1 N–H and O–H groups in total. The number of fused-ring (bicyclic) bond motifs is 1. The predicted octanol–water partition coefficient (Wildman–Crippen LogP) is 4.80. The van der Waals surface area contributed by atoms with Crippen LogP contribution >= 0.6 is 28.1 Å². The van der Waals surface area contributed by atoms with Crippen molar-refractivity contribution in [1.29, 1.82) is 0 Å². The lowest BCUT2D eigenvalue weighted by Gasteiger charge is -2.29. The van der Waals surface area contributed by atoms with E-state index in [-0.39, 0.29) is 17.5 Å². The number of benzene rings is 3. The van der Waals surface area contributed by atoms with E-state index in [9.17, 15) is 9.59 Å². The Morgan fingerprint density at radius 1 is 0.970 bits per heavy atom. The molecule has 0 atom stereocenters. The van der Waals surface area contributed by atoms with Crippen LogP contribution in [0, 0.1) is 0 Å². The van der Waals surface area contributed by atoms with Gasteiger partial charge in [0.15, 0.2) is 16.6 Å². The van der Waals surface area contributed by atoms with Crippen molar-refractivity contribution in [2.45, 2.75) is 0 Å². The summed E-state index contributed by atoms with van der Waals surface area (Å²) in [6, 6.07) is 19.6. The van der Waals surface area contributed by atoms with Crippen LogP contribution in [0.2, 0.25) is 0 Å². The highest BCUT2D eigenvalue weighted by Gasteiger charge is 2.34. The Balaban J connectivity index is 1.43. The highest BCUT2D eigenvalue weighted by Crippen LogP contribution is 2.38. The number of rotatable bonds is 4. The van der Waals surface area contributed by atoms with Crippen LogP contribution in [0.3, 0.4) is 0 Å². The van der Waals surface area contributed by atoms with Gasteiger partial charge in [0.05, 0.1) is 5.69 Å². The van der Waals surface area contributed by atoms with Gasteiger partial charge in [0.2, 0.25) is 6.79 Å². The summed E-state index contributed by atoms with van der Waals surface area (Å²) in [5, 5.41) is 2.59. The van der Waals surface area contributed by atoms with Gasteiger partial charge in [-0.15, -0.1) is 0 Å². The zero-order valence-electron chi connectivity index (χ0n) is 16.9. The largest absolute Gasteiger partial charge is 0.457 e. The number of para-hydroxylation sites is 1. The van der Waals surface area contributed by atoms with E-state index < -0.39 is 11.8 Å². The van der Waals surface area contributed by atoms with Crippen LogP contribution in [-0.2, 0) is 9.59 Å². The topological polar surface area (TPSA) is 77.1 Å². The second-order valence-corrected chi connectivity index (χ2v) is 8.33. The molecule has 2 aliphatic heterocycles. The second-order valence-electron chi connectivity index (χ2n) is 7.09. The van der Waals surface area contributed by atoms with Crippen molar-refractivity contribution in [2.75, 3.05) is 11.7 Å². The Hall–Kier alpha value is -3.69. The maximum absolute atomic E-state index is 13.3. The smallest absolute Gasteiger partial charge is 0.270 e. The van der Waals surface area contributed by atoms with Crippen LogP contribution in [0.1, 0.15) is 5.56 Å². The van der Waals surface area contributed by atoms with Gasteiger partial charge < -0.3 is 14.2 Å². The van der Waals surface area contributed by atoms with Gasteiger partial charge in [-0.2, -0.15) is 0 Å². The second kappa shape index (κ2) is 8.68. The number of halogens is 1. The number of hydrogen-bond donors (Lipinski definition) is 1. The van der Waals surface area contributed by atoms with E-state index in [2.05, 4.69) is 21.2 Å². The van der Waals surface area contributed by atoms with Crippen LogP contribution in [0.15, 0.2) is 76.8 Å². The molecular formula is C24H15BrN2O5S. The first-order valence-corrected chi connectivity index (χ1v) is 11.0. The van der Waals surface area contributed by atoms with Gasteiger partial charge in [0.25, 0.3) is 11.8 Å². The summed E-state index contributed by atoms with van der Waals surface area (Å²) in [5.74, 6) is 1.31. The van der Waals surface area contributed by atoms with E-state index in [4.69, 9.17) is 26.4 Å². The molecule has 0 radical (unpaired) electrons. The van der Waals surface area contributed by atoms with E-state index in [1.54, 1.807) is 36.4 Å². The molecule has 33 heavy (non-hydrogen) atoms. The standard InChI is InChI=1S/C24H15BrN2O5S/c25-19-12-21-20(30-13-31-21)11-14(19)10-18-22(28)26-24(33)27(23(18)29)15-6-8-17(9-7-15)32-16-4-2-1-3-5-16/h1-12H,13H2,(H,26,28,33). The Morgan fingerprint density at radius 3 is 2.36 bits per heavy atom. The highest BCUT2D eigenvalue weighted by atomic mass is 79.9. The maximum Gasteiger partial charge on any atom is 0.270 e. The quantitative estimate of drug-likeness (QED) is 0.301. The van der Waals surface area contributed by atoms with Crippen LogP contribution in [0.25, 0.3) is 6.08 Å². The highest BCUT2D eigenvalue weighted by molar-refractivity contribution is 9.10. The number of anilines is 1. The van der Waals surface area contributed by atoms with Crippen LogP contribution in [0.4, 0.5) is 5.69 Å². The molecule has 0 bridgehead atoms.